The van der Waals surface area contributed by atoms with Crippen molar-refractivity contribution in [1.29, 1.82) is 0 Å². The number of fused-ring (bicyclic) bond motifs is 1. The summed E-state index contributed by atoms with van der Waals surface area (Å²) < 4.78 is 53.2. The van der Waals surface area contributed by atoms with Crippen molar-refractivity contribution in [2.24, 2.45) is 11.8 Å². The summed E-state index contributed by atoms with van der Waals surface area (Å²) in [6.07, 6.45) is -1.19. The number of carbonyl (C=O) groups excluding carboxylic acids is 2. The predicted octanol–water partition coefficient (Wildman–Crippen LogP) is 5.58. The number of nitrogens with zero attached hydrogens (tertiary/aromatic N) is 4. The van der Waals surface area contributed by atoms with Crippen LogP contribution in [0.2, 0.25) is 0 Å². The van der Waals surface area contributed by atoms with Gasteiger partial charge < -0.3 is 14.6 Å². The minimum atomic E-state index is -4.50. The minimum absolute atomic E-state index is 0.00592. The van der Waals surface area contributed by atoms with Gasteiger partial charge in [-0.15, -0.1) is 5.10 Å². The zero-order chi connectivity index (χ0) is 30.9. The molecule has 2 aliphatic rings. The number of phenols is 1. The molecule has 0 bridgehead atoms. The van der Waals surface area contributed by atoms with Gasteiger partial charge in [-0.25, -0.2) is 9.50 Å². The third-order valence-electron chi connectivity index (χ3n) is 8.53. The lowest BCUT2D eigenvalue weighted by Gasteiger charge is -2.43. The van der Waals surface area contributed by atoms with Crippen LogP contribution in [0.5, 0.6) is 11.5 Å². The zero-order valence-corrected chi connectivity index (χ0v) is 24.7. The first kappa shape index (κ1) is 30.7. The maximum Gasteiger partial charge on any atom is 0.393 e. The monoisotopic (exact) mass is 602 g/mol. The summed E-state index contributed by atoms with van der Waals surface area (Å²) in [7, 11) is 0. The summed E-state index contributed by atoms with van der Waals surface area (Å²) in [5.74, 6) is -1.47. The fraction of sp³-hybridized carbons (Fsp3) is 0.581. The SMILES string of the molecule is CCCOc1cc(O)c(CC(F)(F)F)cc1CCC1(C2CCCC2)CC(=O)C(Cc2nc3nc(C)cc(C)n3n2)C(=O)O1. The molecule has 1 aromatic carbocycles. The van der Waals surface area contributed by atoms with Crippen LogP contribution in [-0.2, 0) is 33.6 Å². The fourth-order valence-electron chi connectivity index (χ4n) is 6.46. The number of cyclic esters (lactones) is 1. The van der Waals surface area contributed by atoms with E-state index in [2.05, 4.69) is 15.1 Å². The largest absolute Gasteiger partial charge is 0.508 e. The van der Waals surface area contributed by atoms with E-state index in [4.69, 9.17) is 9.47 Å². The van der Waals surface area contributed by atoms with Gasteiger partial charge >= 0.3 is 12.1 Å². The van der Waals surface area contributed by atoms with Gasteiger partial charge in [-0.3, -0.25) is 9.59 Å². The van der Waals surface area contributed by atoms with E-state index < -0.39 is 35.8 Å². The number of esters is 1. The Morgan fingerprint density at radius 2 is 1.86 bits per heavy atom. The number of Topliss-reactive ketones (excluding diaryl/α,β-unsaturated/α-hetero) is 1. The van der Waals surface area contributed by atoms with Gasteiger partial charge in [-0.1, -0.05) is 19.8 Å². The van der Waals surface area contributed by atoms with Crippen LogP contribution in [0.3, 0.4) is 0 Å². The van der Waals surface area contributed by atoms with Gasteiger partial charge in [0.15, 0.2) is 11.6 Å². The van der Waals surface area contributed by atoms with E-state index in [0.29, 0.717) is 30.2 Å². The molecule has 0 radical (unpaired) electrons. The summed E-state index contributed by atoms with van der Waals surface area (Å²) in [6, 6.07) is 4.40. The van der Waals surface area contributed by atoms with Gasteiger partial charge in [-0.2, -0.15) is 18.2 Å². The number of carbonyl (C=O) groups is 2. The highest BCUT2D eigenvalue weighted by Crippen LogP contribution is 2.46. The average Bonchev–Trinajstić information content (AvgIpc) is 3.60. The molecule has 1 saturated heterocycles. The zero-order valence-electron chi connectivity index (χ0n) is 24.7. The number of halogens is 3. The standard InChI is InChI=1S/C31H37F3N4O5/c1-4-11-42-26-15-24(39)21(16-31(32,33)34)13-20(26)9-10-30(22-7-5-6-8-22)17-25(40)23(28(41)43-30)14-27-36-29-35-18(2)12-19(3)38(29)37-27/h12-13,15,22-23,39H,4-11,14,16-17H2,1-3H3. The van der Waals surface area contributed by atoms with Crippen molar-refractivity contribution in [3.63, 3.8) is 0 Å². The first-order chi connectivity index (χ1) is 20.4. The number of benzene rings is 1. The Bertz CT molecular complexity index is 1500. The molecule has 2 fully saturated rings. The smallest absolute Gasteiger partial charge is 0.393 e. The fourth-order valence-corrected chi connectivity index (χ4v) is 6.46. The number of hydrogen-bond acceptors (Lipinski definition) is 8. The van der Waals surface area contributed by atoms with Gasteiger partial charge in [0, 0.05) is 35.9 Å². The maximum atomic E-state index is 13.6. The first-order valence-electron chi connectivity index (χ1n) is 14.9. The highest BCUT2D eigenvalue weighted by Gasteiger charge is 2.51. The molecule has 2 aromatic heterocycles. The van der Waals surface area contributed by atoms with Crippen molar-refractivity contribution in [2.45, 2.75) is 96.8 Å². The van der Waals surface area contributed by atoms with E-state index in [-0.39, 0.29) is 48.7 Å². The van der Waals surface area contributed by atoms with Crippen LogP contribution in [0.15, 0.2) is 18.2 Å². The molecule has 2 unspecified atom stereocenters. The Kier molecular flexibility index (Phi) is 8.67. The number of ketones is 1. The molecule has 9 nitrogen and oxygen atoms in total. The quantitative estimate of drug-likeness (QED) is 0.236. The van der Waals surface area contributed by atoms with Crippen LogP contribution in [0, 0.1) is 25.7 Å². The van der Waals surface area contributed by atoms with Gasteiger partial charge in [0.1, 0.15) is 23.0 Å². The number of rotatable bonds is 10. The number of aromatic hydroxyl groups is 1. The lowest BCUT2D eigenvalue weighted by Crippen LogP contribution is -2.52. The molecule has 43 heavy (non-hydrogen) atoms. The number of aromatic nitrogens is 4. The molecular formula is C31H37F3N4O5. The minimum Gasteiger partial charge on any atom is -0.508 e. The molecule has 5 rings (SSSR count). The maximum absolute atomic E-state index is 13.6. The second-order valence-corrected chi connectivity index (χ2v) is 11.9. The van der Waals surface area contributed by atoms with Crippen LogP contribution in [0.25, 0.3) is 5.78 Å². The van der Waals surface area contributed by atoms with E-state index in [1.165, 1.54) is 12.1 Å². The Morgan fingerprint density at radius 3 is 2.53 bits per heavy atom. The normalized spacial score (nSPS) is 21.5. The third-order valence-corrected chi connectivity index (χ3v) is 8.53. The third kappa shape index (κ3) is 6.78. The van der Waals surface area contributed by atoms with E-state index in [9.17, 15) is 27.9 Å². The van der Waals surface area contributed by atoms with Crippen molar-refractivity contribution < 1.29 is 37.3 Å². The molecule has 1 aliphatic heterocycles. The van der Waals surface area contributed by atoms with Gasteiger partial charge in [0.05, 0.1) is 13.0 Å². The van der Waals surface area contributed by atoms with E-state index >= 15 is 0 Å². The lowest BCUT2D eigenvalue weighted by molar-refractivity contribution is -0.185. The number of hydrogen-bond donors (Lipinski definition) is 1. The Morgan fingerprint density at radius 1 is 1.12 bits per heavy atom. The van der Waals surface area contributed by atoms with E-state index in [0.717, 1.165) is 37.1 Å². The van der Waals surface area contributed by atoms with Gasteiger partial charge in [-0.05, 0) is 69.6 Å². The summed E-state index contributed by atoms with van der Waals surface area (Å²) in [4.78, 5) is 35.9. The van der Waals surface area contributed by atoms with Crippen LogP contribution in [0.4, 0.5) is 13.2 Å². The second kappa shape index (κ2) is 12.1. The molecule has 0 spiro atoms. The number of alkyl halides is 3. The summed E-state index contributed by atoms with van der Waals surface area (Å²) in [6.45, 7) is 5.94. The molecule has 3 aromatic rings. The Labute approximate surface area is 247 Å². The number of aryl methyl sites for hydroxylation is 3. The molecule has 1 N–H and O–H groups in total. The van der Waals surface area contributed by atoms with Crippen LogP contribution in [0.1, 0.15) is 80.2 Å². The van der Waals surface area contributed by atoms with Gasteiger partial charge in [0.25, 0.3) is 5.78 Å². The van der Waals surface area contributed by atoms with E-state index in [1.807, 2.05) is 26.8 Å². The van der Waals surface area contributed by atoms with Crippen LogP contribution >= 0.6 is 0 Å². The molecule has 0 amide bonds. The lowest BCUT2D eigenvalue weighted by atomic mass is 9.73. The molecule has 232 valence electrons. The highest BCUT2D eigenvalue weighted by atomic mass is 19.4. The van der Waals surface area contributed by atoms with Gasteiger partial charge in [0.2, 0.25) is 0 Å². The summed E-state index contributed by atoms with van der Waals surface area (Å²) >= 11 is 0. The Balaban J connectivity index is 1.39. The Hall–Kier alpha value is -3.70. The molecule has 2 atom stereocenters. The molecule has 1 aliphatic carbocycles. The van der Waals surface area contributed by atoms with Crippen molar-refractivity contribution in [1.82, 2.24) is 19.6 Å². The number of phenolic OH excluding ortho intramolecular Hbond substituents is 1. The topological polar surface area (TPSA) is 116 Å². The van der Waals surface area contributed by atoms with Crippen molar-refractivity contribution in [3.8, 4) is 11.5 Å². The second-order valence-electron chi connectivity index (χ2n) is 11.9. The molecule has 3 heterocycles. The first-order valence-corrected chi connectivity index (χ1v) is 14.9. The molecular weight excluding hydrogens is 565 g/mol. The average molecular weight is 603 g/mol. The predicted molar refractivity (Wildman–Crippen MR) is 150 cm³/mol. The molecule has 1 saturated carbocycles. The van der Waals surface area contributed by atoms with Crippen molar-refractivity contribution in [3.05, 3.63) is 46.5 Å². The highest BCUT2D eigenvalue weighted by molar-refractivity contribution is 6.01. The van der Waals surface area contributed by atoms with Crippen LogP contribution in [-0.4, -0.2) is 54.8 Å². The summed E-state index contributed by atoms with van der Waals surface area (Å²) in [5, 5.41) is 14.8. The van der Waals surface area contributed by atoms with Crippen molar-refractivity contribution >= 4 is 17.5 Å². The molecule has 12 heteroatoms. The van der Waals surface area contributed by atoms with Crippen molar-refractivity contribution in [2.75, 3.05) is 6.61 Å². The van der Waals surface area contributed by atoms with E-state index in [1.54, 1.807) is 4.52 Å². The summed E-state index contributed by atoms with van der Waals surface area (Å²) in [5.41, 5.74) is 0.751. The number of ether oxygens (including phenoxy) is 2. The van der Waals surface area contributed by atoms with Crippen LogP contribution < -0.4 is 4.74 Å².